The molecular formula is C51H66F4N8O9. The summed E-state index contributed by atoms with van der Waals surface area (Å²) >= 11 is 0. The first-order valence-corrected chi connectivity index (χ1v) is 24.9. The van der Waals surface area contributed by atoms with Crippen molar-refractivity contribution in [3.8, 4) is 0 Å². The number of rotatable bonds is 19. The number of likely N-dealkylation sites (tertiary alicyclic amines) is 1. The standard InChI is InChI=1S/C51H66F4N8O9/c1-29-43(45(72-50(29,2)51(53,54)55)49(69)62-39-25-40(46(56)66)59-28-38(39)52)31-10-8-30(9-11-31)26-60-47(67)32-12-14-34(15-13-32)61-41(64)7-5-22-70-35-16-18-36(19-17-35)71-23-21-58-48(68)37-24-42(65)63(3)44(37)33-6-4-20-57-27-33/h4,6,8-11,20,25,27,29,32,34-38,43-45H,5,7,12-19,21-24,26,28H2,1-3H3,(H2,56,66)(H,58,68)(H,60,67)(H,61,64)(H,62,69)/t29-,32?,34?,35?,36?,37-,38?,43-,44+,45+,50+/m0/s1. The maximum absolute atomic E-state index is 14.7. The van der Waals surface area contributed by atoms with E-state index >= 15 is 0 Å². The van der Waals surface area contributed by atoms with E-state index in [2.05, 4.69) is 31.2 Å². The van der Waals surface area contributed by atoms with Gasteiger partial charge in [-0.05, 0) is 93.5 Å². The number of ether oxygens (including phenoxy) is 3. The molecule has 21 heteroatoms. The molecular weight excluding hydrogens is 945 g/mol. The van der Waals surface area contributed by atoms with Crippen LogP contribution in [0.5, 0.6) is 0 Å². The van der Waals surface area contributed by atoms with Crippen molar-refractivity contribution in [3.63, 3.8) is 0 Å². The number of alkyl halides is 4. The molecule has 7 rings (SSSR count). The van der Waals surface area contributed by atoms with Gasteiger partial charge < -0.3 is 46.1 Å². The lowest BCUT2D eigenvalue weighted by Crippen LogP contribution is -2.47. The number of nitrogens with one attached hydrogen (secondary N) is 4. The summed E-state index contributed by atoms with van der Waals surface area (Å²) in [5.74, 6) is -5.50. The number of hydrogen-bond donors (Lipinski definition) is 5. The third kappa shape index (κ3) is 13.0. The lowest BCUT2D eigenvalue weighted by Gasteiger charge is -2.31. The van der Waals surface area contributed by atoms with Crippen LogP contribution in [0.3, 0.4) is 0 Å². The summed E-state index contributed by atoms with van der Waals surface area (Å²) in [6.07, 6.45) is 3.00. The minimum absolute atomic E-state index is 0.0395. The van der Waals surface area contributed by atoms with Crippen LogP contribution in [0, 0.1) is 17.8 Å². The molecule has 1 aromatic carbocycles. The summed E-state index contributed by atoms with van der Waals surface area (Å²) in [4.78, 5) is 86.0. The molecule has 0 radical (unpaired) electrons. The third-order valence-electron chi connectivity index (χ3n) is 15.0. The topological polar surface area (TPSA) is 233 Å². The van der Waals surface area contributed by atoms with E-state index in [9.17, 15) is 46.3 Å². The lowest BCUT2D eigenvalue weighted by atomic mass is 9.77. The highest BCUT2D eigenvalue weighted by atomic mass is 19.4. The number of halogens is 4. The third-order valence-corrected chi connectivity index (χ3v) is 15.0. The minimum Gasteiger partial charge on any atom is -0.378 e. The number of aliphatic imine (C=N–C) groups is 1. The summed E-state index contributed by atoms with van der Waals surface area (Å²) in [6, 6.07) is 9.76. The Kier molecular flexibility index (Phi) is 17.9. The molecule has 3 aliphatic heterocycles. The molecule has 4 heterocycles. The van der Waals surface area contributed by atoms with Crippen molar-refractivity contribution in [1.82, 2.24) is 31.2 Å². The Balaban J connectivity index is 0.760. The number of aromatic nitrogens is 1. The Morgan fingerprint density at radius 1 is 0.903 bits per heavy atom. The summed E-state index contributed by atoms with van der Waals surface area (Å²) in [6.45, 7) is 3.06. The predicted molar refractivity (Wildman–Crippen MR) is 254 cm³/mol. The van der Waals surface area contributed by atoms with Crippen LogP contribution in [0.25, 0.3) is 0 Å². The Labute approximate surface area is 416 Å². The first-order valence-electron chi connectivity index (χ1n) is 24.9. The number of benzene rings is 1. The van der Waals surface area contributed by atoms with Gasteiger partial charge in [-0.25, -0.2) is 4.39 Å². The number of amides is 6. The number of dihydropyridines is 1. The lowest BCUT2D eigenvalue weighted by molar-refractivity contribution is -0.272. The number of primary amides is 1. The van der Waals surface area contributed by atoms with Crippen LogP contribution in [0.1, 0.15) is 113 Å². The van der Waals surface area contributed by atoms with E-state index in [1.54, 1.807) is 54.7 Å². The largest absolute Gasteiger partial charge is 0.417 e. The van der Waals surface area contributed by atoms with Gasteiger partial charge in [0.05, 0.1) is 43.0 Å². The van der Waals surface area contributed by atoms with Crippen LogP contribution in [-0.4, -0.2) is 127 Å². The van der Waals surface area contributed by atoms with Gasteiger partial charge in [0.15, 0.2) is 11.8 Å². The smallest absolute Gasteiger partial charge is 0.378 e. The normalized spacial score (nSPS) is 29.7. The zero-order valence-electron chi connectivity index (χ0n) is 40.9. The average molecular weight is 1010 g/mol. The van der Waals surface area contributed by atoms with Gasteiger partial charge in [-0.1, -0.05) is 37.3 Å². The molecule has 2 saturated heterocycles. The molecule has 1 unspecified atom stereocenters. The minimum atomic E-state index is -4.85. The average Bonchev–Trinajstić information content (AvgIpc) is 3.83. The van der Waals surface area contributed by atoms with E-state index in [1.165, 1.54) is 6.92 Å². The molecule has 1 aromatic heterocycles. The molecule has 5 aliphatic rings. The van der Waals surface area contributed by atoms with Gasteiger partial charge >= 0.3 is 6.18 Å². The van der Waals surface area contributed by atoms with E-state index < -0.39 is 60.2 Å². The van der Waals surface area contributed by atoms with E-state index in [1.807, 2.05) is 6.07 Å². The van der Waals surface area contributed by atoms with E-state index in [0.717, 1.165) is 44.2 Å². The number of pyridine rings is 1. The van der Waals surface area contributed by atoms with Crippen molar-refractivity contribution >= 4 is 41.2 Å². The molecule has 0 bridgehead atoms. The van der Waals surface area contributed by atoms with Crippen molar-refractivity contribution in [2.45, 2.75) is 145 Å². The molecule has 72 heavy (non-hydrogen) atoms. The van der Waals surface area contributed by atoms with Gasteiger partial charge in [0.1, 0.15) is 11.8 Å². The highest BCUT2D eigenvalue weighted by molar-refractivity contribution is 6.43. The molecule has 17 nitrogen and oxygen atoms in total. The molecule has 6 amide bonds. The van der Waals surface area contributed by atoms with Crippen LogP contribution in [0.2, 0.25) is 0 Å². The Hall–Kier alpha value is -5.80. The number of carbonyl (C=O) groups is 6. The van der Waals surface area contributed by atoms with E-state index in [-0.39, 0.29) is 78.2 Å². The fourth-order valence-corrected chi connectivity index (χ4v) is 10.6. The Morgan fingerprint density at radius 3 is 2.22 bits per heavy atom. The molecule has 2 aliphatic carbocycles. The first kappa shape index (κ1) is 54.0. The molecule has 4 fully saturated rings. The Morgan fingerprint density at radius 2 is 1.58 bits per heavy atom. The first-order chi connectivity index (χ1) is 34.3. The molecule has 6 N–H and O–H groups in total. The fourth-order valence-electron chi connectivity index (χ4n) is 10.6. The monoisotopic (exact) mass is 1010 g/mol. The molecule has 392 valence electrons. The van der Waals surface area contributed by atoms with E-state index in [0.29, 0.717) is 69.4 Å². The quantitative estimate of drug-likeness (QED) is 0.0974. The fraction of sp³-hybridized carbons (Fsp3) is 0.608. The molecule has 2 saturated carbocycles. The van der Waals surface area contributed by atoms with Gasteiger partial charge in [0.2, 0.25) is 23.6 Å². The van der Waals surface area contributed by atoms with Crippen LogP contribution < -0.4 is 27.0 Å². The van der Waals surface area contributed by atoms with Crippen LogP contribution in [-0.2, 0) is 49.5 Å². The number of hydrogen-bond acceptors (Lipinski definition) is 11. The SMILES string of the molecule is C[C@H]1[C@@H](c2ccc(CNC(=O)C3CCC(NC(=O)CCCOC4CCC(OCCNC(=O)[C@H]5CC(=O)N(C)[C@@H]5c5cccnc5)CC4)CC3)cc2)[C@H](C(=O)NC2=CC(C(N)=O)=NCC2F)O[C@@]1(C)C(F)(F)F. The van der Waals surface area contributed by atoms with Crippen molar-refractivity contribution in [2.24, 2.45) is 28.5 Å². The van der Waals surface area contributed by atoms with Gasteiger partial charge in [-0.2, -0.15) is 13.2 Å². The van der Waals surface area contributed by atoms with Crippen LogP contribution in [0.4, 0.5) is 17.6 Å². The zero-order chi connectivity index (χ0) is 51.7. The molecule has 7 atom stereocenters. The zero-order valence-corrected chi connectivity index (χ0v) is 40.9. The molecule has 0 spiro atoms. The maximum atomic E-state index is 14.7. The summed E-state index contributed by atoms with van der Waals surface area (Å²) < 4.78 is 75.5. The van der Waals surface area contributed by atoms with Crippen LogP contribution in [0.15, 0.2) is 65.6 Å². The summed E-state index contributed by atoms with van der Waals surface area (Å²) in [5, 5.41) is 11.3. The second-order valence-corrected chi connectivity index (χ2v) is 19.8. The van der Waals surface area contributed by atoms with Gasteiger partial charge in [-0.3, -0.25) is 38.7 Å². The number of nitrogens with zero attached hydrogens (tertiary/aromatic N) is 3. The van der Waals surface area contributed by atoms with Gasteiger partial charge in [0, 0.05) is 75.8 Å². The van der Waals surface area contributed by atoms with Crippen molar-refractivity contribution in [1.29, 1.82) is 0 Å². The number of nitrogens with two attached hydrogens (primary N) is 1. The highest BCUT2D eigenvalue weighted by Gasteiger charge is 2.65. The molecule has 2 aromatic rings. The number of carbonyl (C=O) groups excluding carboxylic acids is 6. The highest BCUT2D eigenvalue weighted by Crippen LogP contribution is 2.53. The van der Waals surface area contributed by atoms with Gasteiger partial charge in [0.25, 0.3) is 11.8 Å². The Bertz CT molecular complexity index is 2320. The van der Waals surface area contributed by atoms with Crippen LogP contribution >= 0.6 is 0 Å². The maximum Gasteiger partial charge on any atom is 0.417 e. The predicted octanol–water partition coefficient (Wildman–Crippen LogP) is 4.55. The van der Waals surface area contributed by atoms with E-state index in [4.69, 9.17) is 19.9 Å². The van der Waals surface area contributed by atoms with Crippen molar-refractivity contribution < 1.29 is 60.5 Å². The second-order valence-electron chi connectivity index (χ2n) is 19.8. The van der Waals surface area contributed by atoms with Crippen molar-refractivity contribution in [2.75, 3.05) is 33.4 Å². The summed E-state index contributed by atoms with van der Waals surface area (Å²) in [5.41, 5.74) is 3.78. The van der Waals surface area contributed by atoms with Crippen molar-refractivity contribution in [3.05, 3.63) is 77.3 Å². The second kappa shape index (κ2) is 23.8. The summed E-state index contributed by atoms with van der Waals surface area (Å²) in [7, 11) is 1.71. The van der Waals surface area contributed by atoms with Gasteiger partial charge in [-0.15, -0.1) is 0 Å².